The Balaban J connectivity index is 1.61. The fourth-order valence-corrected chi connectivity index (χ4v) is 2.56. The van der Waals surface area contributed by atoms with E-state index in [-0.39, 0.29) is 23.9 Å². The third-order valence-corrected chi connectivity index (χ3v) is 3.96. The highest BCUT2D eigenvalue weighted by Crippen LogP contribution is 2.35. The first-order valence-electron chi connectivity index (χ1n) is 7.54. The van der Waals surface area contributed by atoms with Crippen LogP contribution >= 0.6 is 11.6 Å². The minimum absolute atomic E-state index is 0.162. The van der Waals surface area contributed by atoms with Gasteiger partial charge in [-0.05, 0) is 41.5 Å². The third kappa shape index (κ3) is 4.29. The molecule has 1 amide bonds. The molecule has 0 aromatic heterocycles. The zero-order valence-electron chi connectivity index (χ0n) is 13.3. The third-order valence-electron chi connectivity index (χ3n) is 3.63. The molecule has 0 fully saturated rings. The van der Waals surface area contributed by atoms with Crippen molar-refractivity contribution in [3.63, 3.8) is 0 Å². The molecule has 1 N–H and O–H groups in total. The molecule has 2 aromatic carbocycles. The van der Waals surface area contributed by atoms with Crippen molar-refractivity contribution in [3.8, 4) is 11.5 Å². The van der Waals surface area contributed by atoms with Gasteiger partial charge in [-0.15, -0.1) is 0 Å². The van der Waals surface area contributed by atoms with E-state index >= 15 is 0 Å². The summed E-state index contributed by atoms with van der Waals surface area (Å²) in [6, 6.07) is 8.72. The van der Waals surface area contributed by atoms with Crippen LogP contribution in [0.1, 0.15) is 16.7 Å². The summed E-state index contributed by atoms with van der Waals surface area (Å²) in [5.74, 6) is 0.808. The van der Waals surface area contributed by atoms with Crippen molar-refractivity contribution in [1.29, 1.82) is 0 Å². The van der Waals surface area contributed by atoms with Gasteiger partial charge in [0.05, 0.1) is 10.6 Å². The van der Waals surface area contributed by atoms with Gasteiger partial charge in [0.25, 0.3) is 0 Å². The Kier molecular flexibility index (Phi) is 5.08. The maximum Gasteiger partial charge on any atom is 0.417 e. The number of hydrogen-bond acceptors (Lipinski definition) is 3. The average Bonchev–Trinajstić information content (AvgIpc) is 3.06. The quantitative estimate of drug-likeness (QED) is 0.795. The monoisotopic (exact) mass is 383 g/mol. The second-order valence-corrected chi connectivity index (χ2v) is 5.88. The Morgan fingerprint density at radius 2 is 1.92 bits per heavy atom. The lowest BCUT2D eigenvalue weighted by Crippen LogP contribution is -2.20. The van der Waals surface area contributed by atoms with Crippen molar-refractivity contribution < 1.29 is 27.4 Å². The van der Waals surface area contributed by atoms with Crippen LogP contribution in [0.4, 0.5) is 13.2 Å². The minimum Gasteiger partial charge on any atom is -0.454 e. The molecule has 0 unspecified atom stereocenters. The number of halogens is 4. The zero-order chi connectivity index (χ0) is 18.7. The SMILES string of the molecule is O=C(C=Cc1ccc(Cl)c(C(F)(F)F)c1)NCc1ccc2c(c1)OCO2. The van der Waals surface area contributed by atoms with Crippen LogP contribution in [-0.2, 0) is 17.5 Å². The first-order chi connectivity index (χ1) is 12.3. The molecule has 3 rings (SSSR count). The van der Waals surface area contributed by atoms with Crippen molar-refractivity contribution in [2.75, 3.05) is 6.79 Å². The van der Waals surface area contributed by atoms with Crippen LogP contribution in [0.25, 0.3) is 6.08 Å². The van der Waals surface area contributed by atoms with E-state index in [9.17, 15) is 18.0 Å². The Bertz CT molecular complexity index is 865. The second kappa shape index (κ2) is 7.29. The van der Waals surface area contributed by atoms with Crippen LogP contribution in [0.3, 0.4) is 0 Å². The highest BCUT2D eigenvalue weighted by Gasteiger charge is 2.33. The van der Waals surface area contributed by atoms with Gasteiger partial charge >= 0.3 is 6.18 Å². The van der Waals surface area contributed by atoms with E-state index in [1.54, 1.807) is 18.2 Å². The van der Waals surface area contributed by atoms with E-state index in [2.05, 4.69) is 5.32 Å². The van der Waals surface area contributed by atoms with Gasteiger partial charge in [0.15, 0.2) is 11.5 Å². The summed E-state index contributed by atoms with van der Waals surface area (Å²) in [4.78, 5) is 11.9. The van der Waals surface area contributed by atoms with E-state index in [4.69, 9.17) is 21.1 Å². The zero-order valence-corrected chi connectivity index (χ0v) is 14.0. The molecule has 4 nitrogen and oxygen atoms in total. The largest absolute Gasteiger partial charge is 0.454 e. The van der Waals surface area contributed by atoms with Crippen LogP contribution < -0.4 is 14.8 Å². The maximum absolute atomic E-state index is 12.8. The molecular formula is C18H13ClF3NO3. The van der Waals surface area contributed by atoms with Crippen LogP contribution in [0, 0.1) is 0 Å². The number of hydrogen-bond donors (Lipinski definition) is 1. The van der Waals surface area contributed by atoms with Gasteiger partial charge in [-0.1, -0.05) is 23.7 Å². The molecule has 26 heavy (non-hydrogen) atoms. The maximum atomic E-state index is 12.8. The predicted molar refractivity (Wildman–Crippen MR) is 89.9 cm³/mol. The van der Waals surface area contributed by atoms with E-state index in [0.717, 1.165) is 23.8 Å². The van der Waals surface area contributed by atoms with Crippen molar-refractivity contribution in [1.82, 2.24) is 5.32 Å². The summed E-state index contributed by atoms with van der Waals surface area (Å²) >= 11 is 5.56. The van der Waals surface area contributed by atoms with E-state index < -0.39 is 17.6 Å². The van der Waals surface area contributed by atoms with Crippen LogP contribution in [0.2, 0.25) is 5.02 Å². The molecule has 0 saturated carbocycles. The van der Waals surface area contributed by atoms with Gasteiger partial charge in [-0.25, -0.2) is 0 Å². The van der Waals surface area contributed by atoms with E-state index in [1.165, 1.54) is 12.1 Å². The number of benzene rings is 2. The molecule has 1 aliphatic heterocycles. The highest BCUT2D eigenvalue weighted by molar-refractivity contribution is 6.31. The molecule has 0 spiro atoms. The van der Waals surface area contributed by atoms with Crippen molar-refractivity contribution in [3.05, 3.63) is 64.2 Å². The highest BCUT2D eigenvalue weighted by atomic mass is 35.5. The number of carbonyl (C=O) groups is 1. The standard InChI is InChI=1S/C18H13ClF3NO3/c19-14-4-1-11(7-13(14)18(20,21)22)3-6-17(24)23-9-12-2-5-15-16(8-12)26-10-25-15/h1-8H,9-10H2,(H,23,24). The van der Waals surface area contributed by atoms with E-state index in [0.29, 0.717) is 11.5 Å². The van der Waals surface area contributed by atoms with Crippen LogP contribution in [-0.4, -0.2) is 12.7 Å². The van der Waals surface area contributed by atoms with Gasteiger partial charge in [0.2, 0.25) is 12.7 Å². The van der Waals surface area contributed by atoms with E-state index in [1.807, 2.05) is 0 Å². The Morgan fingerprint density at radius 3 is 2.69 bits per heavy atom. The molecule has 8 heteroatoms. The molecule has 2 aromatic rings. The molecule has 1 heterocycles. The van der Waals surface area contributed by atoms with Gasteiger partial charge in [0, 0.05) is 12.6 Å². The molecule has 1 aliphatic rings. The lowest BCUT2D eigenvalue weighted by atomic mass is 10.1. The number of fused-ring (bicyclic) bond motifs is 1. The van der Waals surface area contributed by atoms with Crippen molar-refractivity contribution >= 4 is 23.6 Å². The molecule has 0 aliphatic carbocycles. The molecule has 136 valence electrons. The number of rotatable bonds is 4. The molecule has 0 saturated heterocycles. The summed E-state index contributed by atoms with van der Waals surface area (Å²) in [7, 11) is 0. The predicted octanol–water partition coefficient (Wildman–Crippen LogP) is 4.42. The van der Waals surface area contributed by atoms with Crippen LogP contribution in [0.15, 0.2) is 42.5 Å². The summed E-state index contributed by atoms with van der Waals surface area (Å²) in [5.41, 5.74) is 0.0869. The molecule has 0 bridgehead atoms. The number of carbonyl (C=O) groups excluding carboxylic acids is 1. The smallest absolute Gasteiger partial charge is 0.417 e. The first kappa shape index (κ1) is 18.1. The average molecular weight is 384 g/mol. The second-order valence-electron chi connectivity index (χ2n) is 5.48. The first-order valence-corrected chi connectivity index (χ1v) is 7.92. The number of ether oxygens (including phenoxy) is 2. The Hall–Kier alpha value is -2.67. The molecule has 0 radical (unpaired) electrons. The summed E-state index contributed by atoms with van der Waals surface area (Å²) < 4.78 is 48.9. The summed E-state index contributed by atoms with van der Waals surface area (Å²) in [6.45, 7) is 0.406. The molecule has 0 atom stereocenters. The normalized spacial score (nSPS) is 13.2. The fraction of sp³-hybridized carbons (Fsp3) is 0.167. The summed E-state index contributed by atoms with van der Waals surface area (Å²) in [6.07, 6.45) is -2.10. The van der Waals surface area contributed by atoms with Gasteiger partial charge in [0.1, 0.15) is 0 Å². The Morgan fingerprint density at radius 1 is 1.15 bits per heavy atom. The number of amides is 1. The number of alkyl halides is 3. The topological polar surface area (TPSA) is 47.6 Å². The van der Waals surface area contributed by atoms with Crippen molar-refractivity contribution in [2.45, 2.75) is 12.7 Å². The lowest BCUT2D eigenvalue weighted by molar-refractivity contribution is -0.137. The van der Waals surface area contributed by atoms with Gasteiger partial charge < -0.3 is 14.8 Å². The van der Waals surface area contributed by atoms with Crippen LogP contribution in [0.5, 0.6) is 11.5 Å². The molecular weight excluding hydrogens is 371 g/mol. The Labute approximate surface area is 152 Å². The summed E-state index contributed by atoms with van der Waals surface area (Å²) in [5, 5.41) is 2.26. The lowest BCUT2D eigenvalue weighted by Gasteiger charge is -2.09. The van der Waals surface area contributed by atoms with Crippen molar-refractivity contribution in [2.24, 2.45) is 0 Å². The minimum atomic E-state index is -4.55. The fourth-order valence-electron chi connectivity index (χ4n) is 2.33. The number of nitrogens with one attached hydrogen (secondary N) is 1. The van der Waals surface area contributed by atoms with Gasteiger partial charge in [-0.2, -0.15) is 13.2 Å². The van der Waals surface area contributed by atoms with Gasteiger partial charge in [-0.3, -0.25) is 4.79 Å².